The van der Waals surface area contributed by atoms with Crippen LogP contribution in [0.1, 0.15) is 22.7 Å². The zero-order valence-electron chi connectivity index (χ0n) is 16.7. The Morgan fingerprint density at radius 1 is 0.935 bits per heavy atom. The van der Waals surface area contributed by atoms with E-state index >= 15 is 0 Å². The molecule has 4 rings (SSSR count). The average Bonchev–Trinajstić information content (AvgIpc) is 3.01. The van der Waals surface area contributed by atoms with Crippen molar-refractivity contribution in [2.45, 2.75) is 24.4 Å². The Balaban J connectivity index is 1.86. The van der Waals surface area contributed by atoms with Crippen LogP contribution in [-0.4, -0.2) is 24.3 Å². The number of sulfone groups is 1. The Bertz CT molecular complexity index is 1250. The molecule has 5 nitrogen and oxygen atoms in total. The Morgan fingerprint density at radius 2 is 1.55 bits per heavy atom. The first kappa shape index (κ1) is 20.8. The van der Waals surface area contributed by atoms with Crippen molar-refractivity contribution in [1.29, 1.82) is 0 Å². The third-order valence-corrected chi connectivity index (χ3v) is 7.15. The lowest BCUT2D eigenvalue weighted by Crippen LogP contribution is -2.30. The lowest BCUT2D eigenvalue weighted by molar-refractivity contribution is -0.130. The molecule has 3 aromatic rings. The molecule has 0 aromatic heterocycles. The van der Waals surface area contributed by atoms with Crippen LogP contribution in [0.25, 0.3) is 0 Å². The third kappa shape index (κ3) is 3.84. The Labute approximate surface area is 180 Å². The number of benzene rings is 3. The summed E-state index contributed by atoms with van der Waals surface area (Å²) in [5.41, 5.74) is 2.03. The van der Waals surface area contributed by atoms with E-state index in [1.807, 2.05) is 13.0 Å². The smallest absolute Gasteiger partial charge is 0.290 e. The van der Waals surface area contributed by atoms with Crippen molar-refractivity contribution < 1.29 is 22.7 Å². The summed E-state index contributed by atoms with van der Waals surface area (Å²) in [6.07, 6.45) is 0. The van der Waals surface area contributed by atoms with Gasteiger partial charge in [-0.15, -0.1) is 0 Å². The minimum atomic E-state index is -4.20. The molecule has 31 heavy (non-hydrogen) atoms. The molecule has 0 aliphatic carbocycles. The highest BCUT2D eigenvalue weighted by Crippen LogP contribution is 2.43. The van der Waals surface area contributed by atoms with Crippen LogP contribution >= 0.6 is 0 Å². The summed E-state index contributed by atoms with van der Waals surface area (Å²) in [5.74, 6) is -2.09. The molecule has 0 bridgehead atoms. The summed E-state index contributed by atoms with van der Waals surface area (Å²) in [6.45, 7) is 1.91. The summed E-state index contributed by atoms with van der Waals surface area (Å²) in [7, 11) is -4.20. The van der Waals surface area contributed by atoms with Crippen molar-refractivity contribution in [2.24, 2.45) is 0 Å². The third-order valence-electron chi connectivity index (χ3n) is 5.26. The molecule has 0 saturated carbocycles. The van der Waals surface area contributed by atoms with Gasteiger partial charge in [0.25, 0.3) is 5.91 Å². The van der Waals surface area contributed by atoms with Gasteiger partial charge in [-0.1, -0.05) is 60.2 Å². The molecule has 1 atom stereocenters. The van der Waals surface area contributed by atoms with Gasteiger partial charge in [0.05, 0.1) is 10.9 Å². The molecule has 1 aliphatic heterocycles. The maximum atomic E-state index is 13.5. The van der Waals surface area contributed by atoms with E-state index in [1.165, 1.54) is 41.3 Å². The van der Waals surface area contributed by atoms with E-state index in [1.54, 1.807) is 36.4 Å². The van der Waals surface area contributed by atoms with Gasteiger partial charge in [-0.2, -0.15) is 0 Å². The summed E-state index contributed by atoms with van der Waals surface area (Å²) < 4.78 is 40.5. The van der Waals surface area contributed by atoms with Crippen molar-refractivity contribution in [3.8, 4) is 0 Å². The quantitative estimate of drug-likeness (QED) is 0.640. The minimum absolute atomic E-state index is 0.0267. The van der Waals surface area contributed by atoms with Gasteiger partial charge in [0.2, 0.25) is 9.84 Å². The fourth-order valence-corrected chi connectivity index (χ4v) is 5.32. The Kier molecular flexibility index (Phi) is 5.37. The van der Waals surface area contributed by atoms with Crippen LogP contribution in [-0.2, 0) is 21.2 Å². The van der Waals surface area contributed by atoms with E-state index < -0.39 is 38.3 Å². The number of rotatable bonds is 5. The number of carbonyl (C=O) groups excluding carboxylic acids is 1. The molecule has 1 unspecified atom stereocenters. The number of hydrogen-bond acceptors (Lipinski definition) is 4. The zero-order chi connectivity index (χ0) is 22.2. The normalized spacial score (nSPS) is 16.8. The lowest BCUT2D eigenvalue weighted by Gasteiger charge is -2.27. The molecule has 1 amide bonds. The number of aliphatic hydroxyl groups excluding tert-OH is 1. The van der Waals surface area contributed by atoms with Gasteiger partial charge in [0.1, 0.15) is 10.7 Å². The molecule has 1 heterocycles. The molecule has 158 valence electrons. The maximum absolute atomic E-state index is 13.5. The second-order valence-corrected chi connectivity index (χ2v) is 9.32. The predicted octanol–water partition coefficient (Wildman–Crippen LogP) is 4.46. The number of amides is 1. The number of halogens is 1. The van der Waals surface area contributed by atoms with Crippen molar-refractivity contribution in [1.82, 2.24) is 4.90 Å². The molecule has 0 radical (unpaired) electrons. The van der Waals surface area contributed by atoms with Crippen LogP contribution in [0.15, 0.2) is 94.4 Å². The Morgan fingerprint density at radius 3 is 2.16 bits per heavy atom. The largest absolute Gasteiger partial charge is 0.502 e. The van der Waals surface area contributed by atoms with Crippen LogP contribution in [0.2, 0.25) is 0 Å². The van der Waals surface area contributed by atoms with Crippen molar-refractivity contribution in [3.63, 3.8) is 0 Å². The van der Waals surface area contributed by atoms with E-state index in [0.717, 1.165) is 11.1 Å². The molecule has 3 aromatic carbocycles. The van der Waals surface area contributed by atoms with Crippen LogP contribution in [0.5, 0.6) is 0 Å². The van der Waals surface area contributed by atoms with Gasteiger partial charge in [0, 0.05) is 6.54 Å². The number of hydrogen-bond donors (Lipinski definition) is 1. The van der Waals surface area contributed by atoms with Crippen molar-refractivity contribution >= 4 is 15.7 Å². The lowest BCUT2D eigenvalue weighted by atomic mass is 10.1. The first-order chi connectivity index (χ1) is 14.8. The topological polar surface area (TPSA) is 74.7 Å². The highest BCUT2D eigenvalue weighted by molar-refractivity contribution is 7.95. The summed E-state index contributed by atoms with van der Waals surface area (Å²) >= 11 is 0. The number of aliphatic hydroxyl groups is 1. The van der Waals surface area contributed by atoms with E-state index in [-0.39, 0.29) is 11.4 Å². The first-order valence-corrected chi connectivity index (χ1v) is 11.1. The SMILES string of the molecule is Cc1ccc(S(=O)(=O)C2=C(O)C(=O)N(Cc3ccccc3)C2c2ccc(F)cc2)cc1. The molecule has 7 heteroatoms. The maximum Gasteiger partial charge on any atom is 0.290 e. The second-order valence-electron chi connectivity index (χ2n) is 7.40. The average molecular weight is 437 g/mol. The van der Waals surface area contributed by atoms with Gasteiger partial charge < -0.3 is 10.0 Å². The van der Waals surface area contributed by atoms with E-state index in [4.69, 9.17) is 0 Å². The van der Waals surface area contributed by atoms with Crippen LogP contribution in [0.3, 0.4) is 0 Å². The highest BCUT2D eigenvalue weighted by Gasteiger charge is 2.46. The second kappa shape index (κ2) is 8.00. The van der Waals surface area contributed by atoms with E-state index in [2.05, 4.69) is 0 Å². The molecule has 0 spiro atoms. The molecule has 0 saturated heterocycles. The molecular formula is C24H20FNO4S. The number of nitrogens with zero attached hydrogens (tertiary/aromatic N) is 1. The molecule has 0 fully saturated rings. The van der Waals surface area contributed by atoms with E-state index in [0.29, 0.717) is 5.56 Å². The van der Waals surface area contributed by atoms with Crippen LogP contribution in [0.4, 0.5) is 4.39 Å². The first-order valence-electron chi connectivity index (χ1n) is 9.64. The van der Waals surface area contributed by atoms with Crippen LogP contribution in [0, 0.1) is 12.7 Å². The predicted molar refractivity (Wildman–Crippen MR) is 114 cm³/mol. The highest BCUT2D eigenvalue weighted by atomic mass is 32.2. The summed E-state index contributed by atoms with van der Waals surface area (Å²) in [6, 6.07) is 19.4. The minimum Gasteiger partial charge on any atom is -0.502 e. The van der Waals surface area contributed by atoms with Gasteiger partial charge in [-0.05, 0) is 42.3 Å². The summed E-state index contributed by atoms with van der Waals surface area (Å²) in [5, 5.41) is 10.7. The molecule has 1 aliphatic rings. The fourth-order valence-electron chi connectivity index (χ4n) is 3.67. The molecule has 1 N–H and O–H groups in total. The zero-order valence-corrected chi connectivity index (χ0v) is 17.5. The monoisotopic (exact) mass is 437 g/mol. The molecular weight excluding hydrogens is 417 g/mol. The number of carbonyl (C=O) groups is 1. The van der Waals surface area contributed by atoms with Crippen LogP contribution < -0.4 is 0 Å². The van der Waals surface area contributed by atoms with Gasteiger partial charge >= 0.3 is 0 Å². The van der Waals surface area contributed by atoms with Crippen molar-refractivity contribution in [3.05, 3.63) is 112 Å². The van der Waals surface area contributed by atoms with E-state index in [9.17, 15) is 22.7 Å². The van der Waals surface area contributed by atoms with Gasteiger partial charge in [-0.25, -0.2) is 12.8 Å². The standard InChI is InChI=1S/C24H20FNO4S/c1-16-7-13-20(14-8-16)31(29,30)23-21(18-9-11-19(25)12-10-18)26(24(28)22(23)27)15-17-5-3-2-4-6-17/h2-14,21,27H,15H2,1H3. The van der Waals surface area contributed by atoms with Gasteiger partial charge in [0.15, 0.2) is 5.76 Å². The van der Waals surface area contributed by atoms with Crippen molar-refractivity contribution in [2.75, 3.05) is 0 Å². The summed E-state index contributed by atoms with van der Waals surface area (Å²) in [4.78, 5) is 13.8. The fraction of sp³-hybridized carbons (Fsp3) is 0.125. The number of aryl methyl sites for hydroxylation is 1. The Hall–Kier alpha value is -3.45. The van der Waals surface area contributed by atoms with Gasteiger partial charge in [-0.3, -0.25) is 4.79 Å².